The first-order valence-electron chi connectivity index (χ1n) is 8.60. The second-order valence-corrected chi connectivity index (χ2v) is 7.50. The van der Waals surface area contributed by atoms with Crippen LogP contribution in [0.1, 0.15) is 40.2 Å². The Kier molecular flexibility index (Phi) is 5.52. The fourth-order valence-corrected chi connectivity index (χ4v) is 3.19. The van der Waals surface area contributed by atoms with Crippen molar-refractivity contribution in [2.24, 2.45) is 0 Å². The van der Waals surface area contributed by atoms with Gasteiger partial charge in [0.1, 0.15) is 6.04 Å². The molecule has 1 heterocycles. The number of piperazine rings is 1. The molecule has 5 heteroatoms. The lowest BCUT2D eigenvalue weighted by molar-refractivity contribution is -0.135. The molecule has 1 unspecified atom stereocenters. The summed E-state index contributed by atoms with van der Waals surface area (Å²) in [5.41, 5.74) is 2.67. The van der Waals surface area contributed by atoms with Crippen LogP contribution in [0.4, 0.5) is 5.69 Å². The van der Waals surface area contributed by atoms with Crippen LogP contribution in [0, 0.1) is 0 Å². The summed E-state index contributed by atoms with van der Waals surface area (Å²) in [4.78, 5) is 27.7. The normalized spacial score (nSPS) is 16.7. The minimum absolute atomic E-state index is 0.00560. The van der Waals surface area contributed by atoms with Gasteiger partial charge in [-0.3, -0.25) is 9.59 Å². The molecule has 1 saturated heterocycles. The predicted octanol–water partition coefficient (Wildman–Crippen LogP) is 2.16. The molecular formula is C19H29N3O2. The third-order valence-corrected chi connectivity index (χ3v) is 4.43. The van der Waals surface area contributed by atoms with E-state index in [1.165, 1.54) is 18.2 Å². The van der Waals surface area contributed by atoms with Gasteiger partial charge in [0.25, 0.3) is 0 Å². The minimum Gasteiger partial charge on any atom is -0.368 e. The van der Waals surface area contributed by atoms with Gasteiger partial charge in [-0.25, -0.2) is 0 Å². The molecule has 132 valence electrons. The average Bonchev–Trinajstić information content (AvgIpc) is 2.53. The van der Waals surface area contributed by atoms with Gasteiger partial charge in [0.05, 0.1) is 0 Å². The molecule has 5 nitrogen and oxygen atoms in total. The highest BCUT2D eigenvalue weighted by atomic mass is 16.2. The first kappa shape index (κ1) is 18.3. The van der Waals surface area contributed by atoms with E-state index in [2.05, 4.69) is 55.3 Å². The van der Waals surface area contributed by atoms with Crippen molar-refractivity contribution in [3.05, 3.63) is 29.8 Å². The van der Waals surface area contributed by atoms with E-state index in [0.29, 0.717) is 13.1 Å². The number of hydrogen-bond donors (Lipinski definition) is 1. The molecule has 1 aliphatic heterocycles. The van der Waals surface area contributed by atoms with E-state index in [4.69, 9.17) is 0 Å². The van der Waals surface area contributed by atoms with Crippen molar-refractivity contribution in [3.63, 3.8) is 0 Å². The maximum Gasteiger partial charge on any atom is 0.244 e. The summed E-state index contributed by atoms with van der Waals surface area (Å²) in [5, 5.41) is 2.67. The Balaban J connectivity index is 2.04. The molecule has 24 heavy (non-hydrogen) atoms. The molecule has 0 aromatic heterocycles. The molecule has 0 saturated carbocycles. The van der Waals surface area contributed by atoms with Gasteiger partial charge in [0, 0.05) is 38.8 Å². The molecule has 0 aliphatic carbocycles. The zero-order chi connectivity index (χ0) is 17.9. The standard InChI is InChI=1S/C19H29N3O2/c1-14(20-15(2)23)18(24)22-12-10-21(11-13-22)17-9-7-6-8-16(17)19(3,4)5/h6-9,14H,10-13H2,1-5H3,(H,20,23). The van der Waals surface area contributed by atoms with Crippen LogP contribution in [0.2, 0.25) is 0 Å². The SMILES string of the molecule is CC(=O)NC(C)C(=O)N1CCN(c2ccccc2C(C)(C)C)CC1. The first-order valence-corrected chi connectivity index (χ1v) is 8.60. The number of nitrogens with one attached hydrogen (secondary N) is 1. The maximum absolute atomic E-state index is 12.4. The summed E-state index contributed by atoms with van der Waals surface area (Å²) in [6.07, 6.45) is 0. The Bertz CT molecular complexity index is 599. The van der Waals surface area contributed by atoms with Crippen LogP contribution in [0.15, 0.2) is 24.3 Å². The molecule has 1 N–H and O–H groups in total. The molecule has 1 aromatic rings. The second kappa shape index (κ2) is 7.24. The van der Waals surface area contributed by atoms with Crippen LogP contribution in [-0.4, -0.2) is 48.9 Å². The zero-order valence-electron chi connectivity index (χ0n) is 15.4. The molecule has 1 aliphatic rings. The van der Waals surface area contributed by atoms with E-state index < -0.39 is 6.04 Å². The fourth-order valence-electron chi connectivity index (χ4n) is 3.19. The predicted molar refractivity (Wildman–Crippen MR) is 97.2 cm³/mol. The van der Waals surface area contributed by atoms with Gasteiger partial charge >= 0.3 is 0 Å². The highest BCUT2D eigenvalue weighted by Gasteiger charge is 2.27. The van der Waals surface area contributed by atoms with Crippen LogP contribution >= 0.6 is 0 Å². The third kappa shape index (κ3) is 4.28. The van der Waals surface area contributed by atoms with E-state index >= 15 is 0 Å². The number of para-hydroxylation sites is 1. The summed E-state index contributed by atoms with van der Waals surface area (Å²) in [6.45, 7) is 12.8. The van der Waals surface area contributed by atoms with Crippen molar-refractivity contribution in [3.8, 4) is 0 Å². The van der Waals surface area contributed by atoms with Gasteiger partial charge in [-0.05, 0) is 24.0 Å². The average molecular weight is 331 g/mol. The number of hydrogen-bond acceptors (Lipinski definition) is 3. The Morgan fingerprint density at radius 2 is 1.67 bits per heavy atom. The van der Waals surface area contributed by atoms with Crippen LogP contribution in [0.5, 0.6) is 0 Å². The molecule has 0 spiro atoms. The molecule has 1 aromatic carbocycles. The lowest BCUT2D eigenvalue weighted by atomic mass is 9.85. The van der Waals surface area contributed by atoms with Crippen LogP contribution in [-0.2, 0) is 15.0 Å². The van der Waals surface area contributed by atoms with Crippen molar-refractivity contribution in [1.82, 2.24) is 10.2 Å². The van der Waals surface area contributed by atoms with E-state index in [-0.39, 0.29) is 17.2 Å². The monoisotopic (exact) mass is 331 g/mol. The number of benzene rings is 1. The maximum atomic E-state index is 12.4. The van der Waals surface area contributed by atoms with E-state index in [1.807, 2.05) is 4.90 Å². The highest BCUT2D eigenvalue weighted by molar-refractivity contribution is 5.86. The summed E-state index contributed by atoms with van der Waals surface area (Å²) >= 11 is 0. The molecule has 1 fully saturated rings. The number of carbonyl (C=O) groups is 2. The topological polar surface area (TPSA) is 52.7 Å². The third-order valence-electron chi connectivity index (χ3n) is 4.43. The van der Waals surface area contributed by atoms with Gasteiger partial charge in [-0.15, -0.1) is 0 Å². The van der Waals surface area contributed by atoms with Crippen LogP contribution < -0.4 is 10.2 Å². The van der Waals surface area contributed by atoms with Crippen molar-refractivity contribution < 1.29 is 9.59 Å². The van der Waals surface area contributed by atoms with Crippen molar-refractivity contribution in [2.45, 2.75) is 46.1 Å². The summed E-state index contributed by atoms with van der Waals surface area (Å²) in [6, 6.07) is 8.04. The van der Waals surface area contributed by atoms with Gasteiger partial charge in [-0.2, -0.15) is 0 Å². The molecule has 2 amide bonds. The van der Waals surface area contributed by atoms with Gasteiger partial charge in [0.2, 0.25) is 11.8 Å². The summed E-state index contributed by atoms with van der Waals surface area (Å²) in [7, 11) is 0. The highest BCUT2D eigenvalue weighted by Crippen LogP contribution is 2.32. The van der Waals surface area contributed by atoms with Crippen LogP contribution in [0.25, 0.3) is 0 Å². The Hall–Kier alpha value is -2.04. The first-order chi connectivity index (χ1) is 11.2. The lowest BCUT2D eigenvalue weighted by Crippen LogP contribution is -2.54. The van der Waals surface area contributed by atoms with Crippen molar-refractivity contribution >= 4 is 17.5 Å². The zero-order valence-corrected chi connectivity index (χ0v) is 15.4. The van der Waals surface area contributed by atoms with Crippen molar-refractivity contribution in [1.29, 1.82) is 0 Å². The number of amides is 2. The van der Waals surface area contributed by atoms with E-state index in [9.17, 15) is 9.59 Å². The molecule has 0 radical (unpaired) electrons. The number of nitrogens with zero attached hydrogens (tertiary/aromatic N) is 2. The largest absolute Gasteiger partial charge is 0.368 e. The fraction of sp³-hybridized carbons (Fsp3) is 0.579. The summed E-state index contributed by atoms with van der Waals surface area (Å²) < 4.78 is 0. The lowest BCUT2D eigenvalue weighted by Gasteiger charge is -2.39. The van der Waals surface area contributed by atoms with E-state index in [0.717, 1.165) is 13.1 Å². The number of rotatable bonds is 3. The van der Waals surface area contributed by atoms with Gasteiger partial charge < -0.3 is 15.1 Å². The Morgan fingerprint density at radius 1 is 1.08 bits per heavy atom. The molecule has 0 bridgehead atoms. The van der Waals surface area contributed by atoms with Crippen molar-refractivity contribution in [2.75, 3.05) is 31.1 Å². The van der Waals surface area contributed by atoms with Gasteiger partial charge in [-0.1, -0.05) is 39.0 Å². The molecule has 1 atom stereocenters. The smallest absolute Gasteiger partial charge is 0.244 e. The summed E-state index contributed by atoms with van der Waals surface area (Å²) in [5.74, 6) is -0.178. The quantitative estimate of drug-likeness (QED) is 0.923. The van der Waals surface area contributed by atoms with Gasteiger partial charge in [0.15, 0.2) is 0 Å². The van der Waals surface area contributed by atoms with Crippen LogP contribution in [0.3, 0.4) is 0 Å². The van der Waals surface area contributed by atoms with E-state index in [1.54, 1.807) is 6.92 Å². The number of anilines is 1. The molecule has 2 rings (SSSR count). The molecular weight excluding hydrogens is 302 g/mol. The Morgan fingerprint density at radius 3 is 2.21 bits per heavy atom. The number of carbonyl (C=O) groups excluding carboxylic acids is 2. The minimum atomic E-state index is -0.462. The Labute approximate surface area is 145 Å². The second-order valence-electron chi connectivity index (χ2n) is 7.50.